The standard InChI is InChI=1S/C22H25NO5/c1-25-13-19-20(18-11-12-27-21(18)19)23-22(24)14-3-5-16(6-4-14)28-17-9-7-15(26-2)8-10-17/h3-10,18-21H,11-13H2,1-2H3,(H,23,24)/t18-,19-,20-,21-/m0/s1. The molecule has 1 heterocycles. The van der Waals surface area contributed by atoms with Gasteiger partial charge in [0.25, 0.3) is 5.91 Å². The van der Waals surface area contributed by atoms with Crippen molar-refractivity contribution >= 4 is 5.91 Å². The highest BCUT2D eigenvalue weighted by molar-refractivity contribution is 5.94. The summed E-state index contributed by atoms with van der Waals surface area (Å²) in [5.74, 6) is 2.69. The molecule has 0 spiro atoms. The average molecular weight is 383 g/mol. The molecular weight excluding hydrogens is 358 g/mol. The van der Waals surface area contributed by atoms with Gasteiger partial charge in [-0.1, -0.05) is 0 Å². The quantitative estimate of drug-likeness (QED) is 0.795. The Kier molecular flexibility index (Phi) is 5.50. The number of carbonyl (C=O) groups is 1. The first kappa shape index (κ1) is 18.8. The number of fused-ring (bicyclic) bond motifs is 1. The fourth-order valence-electron chi connectivity index (χ4n) is 4.12. The minimum Gasteiger partial charge on any atom is -0.497 e. The van der Waals surface area contributed by atoms with Crippen molar-refractivity contribution in [1.29, 1.82) is 0 Å². The number of rotatable bonds is 7. The monoisotopic (exact) mass is 383 g/mol. The maximum absolute atomic E-state index is 12.7. The Balaban J connectivity index is 1.37. The first-order chi connectivity index (χ1) is 13.7. The van der Waals surface area contributed by atoms with Gasteiger partial charge in [-0.2, -0.15) is 0 Å². The summed E-state index contributed by atoms with van der Waals surface area (Å²) in [6.45, 7) is 1.36. The molecule has 0 radical (unpaired) electrons. The van der Waals surface area contributed by atoms with E-state index in [-0.39, 0.29) is 24.0 Å². The number of methoxy groups -OCH3 is 2. The first-order valence-electron chi connectivity index (χ1n) is 9.53. The topological polar surface area (TPSA) is 66.0 Å². The minimum absolute atomic E-state index is 0.0764. The van der Waals surface area contributed by atoms with Crippen molar-refractivity contribution in [3.63, 3.8) is 0 Å². The summed E-state index contributed by atoms with van der Waals surface area (Å²) in [6, 6.07) is 14.6. The third-order valence-corrected chi connectivity index (χ3v) is 5.60. The Labute approximate surface area is 164 Å². The highest BCUT2D eigenvalue weighted by atomic mass is 16.5. The van der Waals surface area contributed by atoms with Crippen molar-refractivity contribution in [3.8, 4) is 17.2 Å². The van der Waals surface area contributed by atoms with Gasteiger partial charge in [0.2, 0.25) is 0 Å². The van der Waals surface area contributed by atoms with E-state index in [1.54, 1.807) is 38.5 Å². The zero-order chi connectivity index (χ0) is 19.5. The van der Waals surface area contributed by atoms with E-state index in [1.165, 1.54) is 0 Å². The van der Waals surface area contributed by atoms with Crippen molar-refractivity contribution in [2.75, 3.05) is 27.4 Å². The van der Waals surface area contributed by atoms with Gasteiger partial charge >= 0.3 is 0 Å². The van der Waals surface area contributed by atoms with Crippen LogP contribution in [0, 0.1) is 11.8 Å². The number of ether oxygens (including phenoxy) is 4. The second-order valence-corrected chi connectivity index (χ2v) is 7.21. The van der Waals surface area contributed by atoms with Crippen molar-refractivity contribution in [3.05, 3.63) is 54.1 Å². The lowest BCUT2D eigenvalue weighted by molar-refractivity contribution is -0.0809. The van der Waals surface area contributed by atoms with E-state index < -0.39 is 0 Å². The summed E-state index contributed by atoms with van der Waals surface area (Å²) in [7, 11) is 3.31. The molecule has 2 fully saturated rings. The lowest BCUT2D eigenvalue weighted by Crippen LogP contribution is -2.62. The van der Waals surface area contributed by atoms with Gasteiger partial charge in [-0.25, -0.2) is 0 Å². The molecule has 6 heteroatoms. The fraction of sp³-hybridized carbons (Fsp3) is 0.409. The van der Waals surface area contributed by atoms with Crippen molar-refractivity contribution in [2.24, 2.45) is 11.8 Å². The van der Waals surface area contributed by atoms with Crippen LogP contribution in [0.15, 0.2) is 48.5 Å². The summed E-state index contributed by atoms with van der Waals surface area (Å²) in [5, 5.41) is 3.17. The molecule has 148 valence electrons. The SMILES string of the molecule is COC[C@H]1[C@@H](NC(=O)c2ccc(Oc3ccc(OC)cc3)cc2)[C@@H]2CCO[C@@H]21. The van der Waals surface area contributed by atoms with Crippen LogP contribution in [0.25, 0.3) is 0 Å². The van der Waals surface area contributed by atoms with Crippen molar-refractivity contribution < 1.29 is 23.7 Å². The van der Waals surface area contributed by atoms with Crippen LogP contribution in [0.3, 0.4) is 0 Å². The molecular formula is C22H25NO5. The maximum Gasteiger partial charge on any atom is 0.251 e. The highest BCUT2D eigenvalue weighted by Gasteiger charge is 2.54. The second-order valence-electron chi connectivity index (χ2n) is 7.21. The van der Waals surface area contributed by atoms with Crippen LogP contribution in [0.5, 0.6) is 17.2 Å². The van der Waals surface area contributed by atoms with Gasteiger partial charge in [0.1, 0.15) is 17.2 Å². The van der Waals surface area contributed by atoms with E-state index in [0.717, 1.165) is 18.8 Å². The molecule has 1 aliphatic carbocycles. The largest absolute Gasteiger partial charge is 0.497 e. The molecule has 4 atom stereocenters. The Morgan fingerprint density at radius 3 is 2.32 bits per heavy atom. The number of benzene rings is 2. The summed E-state index contributed by atoms with van der Waals surface area (Å²) in [4.78, 5) is 12.7. The van der Waals surface area contributed by atoms with Crippen LogP contribution >= 0.6 is 0 Å². The predicted octanol–water partition coefficient (Wildman–Crippen LogP) is 3.27. The molecule has 2 aromatic carbocycles. The second kappa shape index (κ2) is 8.20. The Hall–Kier alpha value is -2.57. The van der Waals surface area contributed by atoms with Gasteiger partial charge in [-0.05, 0) is 55.0 Å². The molecule has 2 aliphatic rings. The van der Waals surface area contributed by atoms with E-state index in [4.69, 9.17) is 18.9 Å². The number of nitrogens with one attached hydrogen (secondary N) is 1. The zero-order valence-corrected chi connectivity index (χ0v) is 16.1. The lowest BCUT2D eigenvalue weighted by atomic mass is 9.67. The molecule has 1 aliphatic heterocycles. The third kappa shape index (κ3) is 3.70. The van der Waals surface area contributed by atoms with E-state index in [0.29, 0.717) is 29.6 Å². The van der Waals surface area contributed by atoms with Gasteiger partial charge in [0.15, 0.2) is 0 Å². The number of carbonyl (C=O) groups excluding carboxylic acids is 1. The van der Waals surface area contributed by atoms with Crippen LogP contribution in [0.4, 0.5) is 0 Å². The molecule has 1 saturated heterocycles. The van der Waals surface area contributed by atoms with Crippen LogP contribution < -0.4 is 14.8 Å². The summed E-state index contributed by atoms with van der Waals surface area (Å²) < 4.78 is 22.0. The highest BCUT2D eigenvalue weighted by Crippen LogP contribution is 2.43. The number of amides is 1. The van der Waals surface area contributed by atoms with Crippen LogP contribution in [-0.4, -0.2) is 45.5 Å². The predicted molar refractivity (Wildman–Crippen MR) is 104 cm³/mol. The molecule has 1 amide bonds. The van der Waals surface area contributed by atoms with Gasteiger partial charge in [-0.3, -0.25) is 4.79 Å². The van der Waals surface area contributed by atoms with E-state index in [1.807, 2.05) is 24.3 Å². The van der Waals surface area contributed by atoms with Crippen LogP contribution in [0.2, 0.25) is 0 Å². The molecule has 2 aromatic rings. The van der Waals surface area contributed by atoms with Gasteiger partial charge in [-0.15, -0.1) is 0 Å². The Bertz CT molecular complexity index is 805. The van der Waals surface area contributed by atoms with Gasteiger partial charge in [0.05, 0.1) is 19.8 Å². The normalized spacial score (nSPS) is 25.5. The lowest BCUT2D eigenvalue weighted by Gasteiger charge is -2.47. The summed E-state index contributed by atoms with van der Waals surface area (Å²) >= 11 is 0. The van der Waals surface area contributed by atoms with Gasteiger partial charge < -0.3 is 24.3 Å². The van der Waals surface area contributed by atoms with Crippen LogP contribution in [-0.2, 0) is 9.47 Å². The smallest absolute Gasteiger partial charge is 0.251 e. The average Bonchev–Trinajstić information content (AvgIpc) is 3.15. The van der Waals surface area contributed by atoms with E-state index >= 15 is 0 Å². The molecule has 0 bridgehead atoms. The van der Waals surface area contributed by atoms with E-state index in [9.17, 15) is 4.79 Å². The Morgan fingerprint density at radius 1 is 1.04 bits per heavy atom. The van der Waals surface area contributed by atoms with Crippen molar-refractivity contribution in [2.45, 2.75) is 18.6 Å². The minimum atomic E-state index is -0.0764. The first-order valence-corrected chi connectivity index (χ1v) is 9.53. The van der Waals surface area contributed by atoms with Crippen molar-refractivity contribution in [1.82, 2.24) is 5.32 Å². The molecule has 0 unspecified atom stereocenters. The van der Waals surface area contributed by atoms with Crippen LogP contribution in [0.1, 0.15) is 16.8 Å². The molecule has 1 N–H and O–H groups in total. The summed E-state index contributed by atoms with van der Waals surface area (Å²) in [6.07, 6.45) is 1.20. The summed E-state index contributed by atoms with van der Waals surface area (Å²) in [5.41, 5.74) is 0.612. The Morgan fingerprint density at radius 2 is 1.68 bits per heavy atom. The fourth-order valence-corrected chi connectivity index (χ4v) is 4.12. The number of hydrogen-bond acceptors (Lipinski definition) is 5. The molecule has 4 rings (SSSR count). The molecule has 0 aromatic heterocycles. The molecule has 28 heavy (non-hydrogen) atoms. The number of hydrogen-bond donors (Lipinski definition) is 1. The maximum atomic E-state index is 12.7. The van der Waals surface area contributed by atoms with E-state index in [2.05, 4.69) is 5.32 Å². The molecule has 6 nitrogen and oxygen atoms in total. The van der Waals surface area contributed by atoms with Gasteiger partial charge in [0, 0.05) is 37.2 Å². The zero-order valence-electron chi connectivity index (χ0n) is 16.1. The molecule has 1 saturated carbocycles. The third-order valence-electron chi connectivity index (χ3n) is 5.60.